The molecule has 2 rings (SSSR count). The number of nitrogens with one attached hydrogen (secondary N) is 3. The summed E-state index contributed by atoms with van der Waals surface area (Å²) in [5.41, 5.74) is 2.01. The van der Waals surface area contributed by atoms with Gasteiger partial charge in [-0.05, 0) is 36.2 Å². The zero-order valence-corrected chi connectivity index (χ0v) is 18.0. The monoisotopic (exact) mass is 432 g/mol. The van der Waals surface area contributed by atoms with Crippen molar-refractivity contribution in [1.29, 1.82) is 0 Å². The summed E-state index contributed by atoms with van der Waals surface area (Å²) in [6, 6.07) is 15.8. The number of hydrogen-bond acceptors (Lipinski definition) is 4. The zero-order valence-electron chi connectivity index (χ0n) is 17.2. The number of sulfonamides is 1. The van der Waals surface area contributed by atoms with E-state index in [-0.39, 0.29) is 30.7 Å². The van der Waals surface area contributed by atoms with Gasteiger partial charge in [-0.2, -0.15) is 0 Å². The Balaban J connectivity index is 1.73. The number of hydrogen-bond donors (Lipinski definition) is 3. The molecule has 0 bridgehead atoms. The van der Waals surface area contributed by atoms with Crippen LogP contribution < -0.4 is 15.4 Å². The summed E-state index contributed by atoms with van der Waals surface area (Å²) < 4.78 is 26.0. The summed E-state index contributed by atoms with van der Waals surface area (Å²) in [5, 5.41) is 5.43. The maximum Gasteiger partial charge on any atom is 0.317 e. The van der Waals surface area contributed by atoms with Gasteiger partial charge in [0.15, 0.2) is 0 Å². The van der Waals surface area contributed by atoms with E-state index >= 15 is 0 Å². The van der Waals surface area contributed by atoms with Crippen LogP contribution in [-0.4, -0.2) is 44.6 Å². The number of anilines is 2. The Hall–Kier alpha value is -3.07. The lowest BCUT2D eigenvalue weighted by molar-refractivity contribution is -0.116. The molecule has 0 aliphatic carbocycles. The van der Waals surface area contributed by atoms with Crippen molar-refractivity contribution in [3.63, 3.8) is 0 Å². The van der Waals surface area contributed by atoms with Crippen LogP contribution >= 0.6 is 0 Å². The first-order valence-corrected chi connectivity index (χ1v) is 11.4. The van der Waals surface area contributed by atoms with Gasteiger partial charge in [-0.15, -0.1) is 0 Å². The number of urea groups is 1. The number of benzene rings is 2. The number of rotatable bonds is 10. The van der Waals surface area contributed by atoms with Crippen molar-refractivity contribution in [2.24, 2.45) is 0 Å². The fourth-order valence-corrected chi connectivity index (χ4v) is 3.83. The Bertz CT molecular complexity index is 931. The quantitative estimate of drug-likeness (QED) is 0.536. The van der Waals surface area contributed by atoms with Crippen LogP contribution in [0.3, 0.4) is 0 Å². The minimum atomic E-state index is -3.35. The standard InChI is InChI=1S/C21H28N4O4S/c1-3-15-30(28,29)24-19-11-9-18(10-12-19)23-20(26)13-14-22-21(27)25(2)16-17-7-5-4-6-8-17/h4-12,24H,3,13-16H2,1-2H3,(H,22,27)(H,23,26). The smallest absolute Gasteiger partial charge is 0.317 e. The van der Waals surface area contributed by atoms with Crippen molar-refractivity contribution in [2.45, 2.75) is 26.3 Å². The molecule has 0 heterocycles. The molecule has 0 unspecified atom stereocenters. The van der Waals surface area contributed by atoms with Crippen molar-refractivity contribution in [1.82, 2.24) is 10.2 Å². The van der Waals surface area contributed by atoms with Gasteiger partial charge in [0.05, 0.1) is 5.75 Å². The lowest BCUT2D eigenvalue weighted by Gasteiger charge is -2.18. The first-order valence-electron chi connectivity index (χ1n) is 9.72. The maximum atomic E-state index is 12.1. The molecule has 9 heteroatoms. The normalized spacial score (nSPS) is 10.9. The number of amides is 3. The van der Waals surface area contributed by atoms with Crippen molar-refractivity contribution in [3.8, 4) is 0 Å². The van der Waals surface area contributed by atoms with E-state index in [9.17, 15) is 18.0 Å². The van der Waals surface area contributed by atoms with Gasteiger partial charge >= 0.3 is 6.03 Å². The van der Waals surface area contributed by atoms with E-state index in [2.05, 4.69) is 15.4 Å². The zero-order chi connectivity index (χ0) is 22.0. The van der Waals surface area contributed by atoms with Gasteiger partial charge in [0.1, 0.15) is 0 Å². The van der Waals surface area contributed by atoms with Gasteiger partial charge < -0.3 is 15.5 Å². The van der Waals surface area contributed by atoms with Crippen LogP contribution in [0.4, 0.5) is 16.2 Å². The Morgan fingerprint density at radius 2 is 1.60 bits per heavy atom. The van der Waals surface area contributed by atoms with Crippen molar-refractivity contribution < 1.29 is 18.0 Å². The molecule has 2 aromatic rings. The molecule has 0 radical (unpaired) electrons. The van der Waals surface area contributed by atoms with E-state index in [0.717, 1.165) is 5.56 Å². The predicted molar refractivity (Wildman–Crippen MR) is 119 cm³/mol. The molecule has 0 saturated carbocycles. The molecule has 3 N–H and O–H groups in total. The number of carbonyl (C=O) groups excluding carboxylic acids is 2. The van der Waals surface area contributed by atoms with Gasteiger partial charge in [-0.1, -0.05) is 37.3 Å². The van der Waals surface area contributed by atoms with Crippen LogP contribution in [0.15, 0.2) is 54.6 Å². The lowest BCUT2D eigenvalue weighted by atomic mass is 10.2. The summed E-state index contributed by atoms with van der Waals surface area (Å²) in [7, 11) is -1.66. The number of carbonyl (C=O) groups is 2. The van der Waals surface area contributed by atoms with E-state index in [0.29, 0.717) is 24.3 Å². The molecule has 2 aromatic carbocycles. The minimum absolute atomic E-state index is 0.0533. The van der Waals surface area contributed by atoms with Crippen LogP contribution in [0, 0.1) is 0 Å². The molecule has 0 atom stereocenters. The Labute approximate surface area is 177 Å². The summed E-state index contributed by atoms with van der Waals surface area (Å²) in [5.74, 6) is -0.196. The van der Waals surface area contributed by atoms with Crippen LogP contribution in [0.2, 0.25) is 0 Å². The lowest BCUT2D eigenvalue weighted by Crippen LogP contribution is -2.38. The van der Waals surface area contributed by atoms with Gasteiger partial charge in [0, 0.05) is 37.9 Å². The Morgan fingerprint density at radius 1 is 0.967 bits per heavy atom. The average molecular weight is 433 g/mol. The van der Waals surface area contributed by atoms with E-state index in [1.165, 1.54) is 0 Å². The van der Waals surface area contributed by atoms with E-state index in [1.807, 2.05) is 30.3 Å². The van der Waals surface area contributed by atoms with E-state index in [1.54, 1.807) is 43.1 Å². The summed E-state index contributed by atoms with van der Waals surface area (Å²) >= 11 is 0. The topological polar surface area (TPSA) is 108 Å². The van der Waals surface area contributed by atoms with Crippen molar-refractivity contribution in [2.75, 3.05) is 29.4 Å². The first kappa shape index (κ1) is 23.2. The summed E-state index contributed by atoms with van der Waals surface area (Å²) in [6.07, 6.45) is 0.651. The number of nitrogens with zero attached hydrogens (tertiary/aromatic N) is 1. The third-order valence-corrected chi connectivity index (χ3v) is 5.64. The van der Waals surface area contributed by atoms with Crippen LogP contribution in [0.5, 0.6) is 0 Å². The van der Waals surface area contributed by atoms with Crippen molar-refractivity contribution in [3.05, 3.63) is 60.2 Å². The molecule has 0 aliphatic heterocycles. The second-order valence-electron chi connectivity index (χ2n) is 6.87. The average Bonchev–Trinajstić information content (AvgIpc) is 2.70. The third kappa shape index (κ3) is 8.12. The highest BCUT2D eigenvalue weighted by molar-refractivity contribution is 7.92. The summed E-state index contributed by atoms with van der Waals surface area (Å²) in [4.78, 5) is 25.7. The van der Waals surface area contributed by atoms with Gasteiger partial charge in [-0.3, -0.25) is 9.52 Å². The molecule has 8 nitrogen and oxygen atoms in total. The largest absolute Gasteiger partial charge is 0.337 e. The van der Waals surface area contributed by atoms with Crippen molar-refractivity contribution >= 4 is 33.3 Å². The molecule has 3 amide bonds. The molecule has 0 fully saturated rings. The highest BCUT2D eigenvalue weighted by atomic mass is 32.2. The van der Waals surface area contributed by atoms with E-state index < -0.39 is 10.0 Å². The van der Waals surface area contributed by atoms with Crippen LogP contribution in [0.1, 0.15) is 25.3 Å². The van der Waals surface area contributed by atoms with Gasteiger partial charge in [-0.25, -0.2) is 13.2 Å². The molecule has 162 valence electrons. The molecule has 0 saturated heterocycles. The molecule has 30 heavy (non-hydrogen) atoms. The fraction of sp³-hybridized carbons (Fsp3) is 0.333. The Kier molecular flexibility index (Phi) is 8.67. The second kappa shape index (κ2) is 11.2. The molecular weight excluding hydrogens is 404 g/mol. The minimum Gasteiger partial charge on any atom is -0.337 e. The summed E-state index contributed by atoms with van der Waals surface area (Å²) in [6.45, 7) is 2.48. The predicted octanol–water partition coefficient (Wildman–Crippen LogP) is 3.01. The second-order valence-corrected chi connectivity index (χ2v) is 8.71. The SMILES string of the molecule is CCCS(=O)(=O)Nc1ccc(NC(=O)CCNC(=O)N(C)Cc2ccccc2)cc1. The van der Waals surface area contributed by atoms with Gasteiger partial charge in [0.25, 0.3) is 0 Å². The van der Waals surface area contributed by atoms with E-state index in [4.69, 9.17) is 0 Å². The fourth-order valence-electron chi connectivity index (χ4n) is 2.69. The van der Waals surface area contributed by atoms with Crippen LogP contribution in [-0.2, 0) is 21.4 Å². The highest BCUT2D eigenvalue weighted by Crippen LogP contribution is 2.15. The molecule has 0 spiro atoms. The van der Waals surface area contributed by atoms with Gasteiger partial charge in [0.2, 0.25) is 15.9 Å². The maximum absolute atomic E-state index is 12.1. The highest BCUT2D eigenvalue weighted by Gasteiger charge is 2.11. The molecular formula is C21H28N4O4S. The van der Waals surface area contributed by atoms with Crippen LogP contribution in [0.25, 0.3) is 0 Å². The Morgan fingerprint density at radius 3 is 2.23 bits per heavy atom. The molecule has 0 aliphatic rings. The third-order valence-electron chi connectivity index (χ3n) is 4.15. The molecule has 0 aromatic heterocycles. The first-order chi connectivity index (χ1) is 14.3.